The van der Waals surface area contributed by atoms with Crippen LogP contribution in [0.15, 0.2) is 59.8 Å². The Bertz CT molecular complexity index is 1050. The molecular formula is C25H26N2O3. The standard InChI is InChI=1S/C25H26N2O3/c1-16(2)30-25(29)24-18(4)27(15-20-10-7-9-19(12-20)14-26)23(28)13-22(24)21-11-6-5-8-17(21)3/h5-12,16,22H,13,15H2,1-4H3/t22-/m1/s1. The van der Waals surface area contributed by atoms with Gasteiger partial charge in [-0.3, -0.25) is 4.79 Å². The molecule has 30 heavy (non-hydrogen) atoms. The van der Waals surface area contributed by atoms with Crippen LogP contribution in [0.3, 0.4) is 0 Å². The third kappa shape index (κ3) is 4.44. The Kier molecular flexibility index (Phi) is 6.37. The van der Waals surface area contributed by atoms with E-state index in [1.54, 1.807) is 30.0 Å². The van der Waals surface area contributed by atoms with Gasteiger partial charge >= 0.3 is 5.97 Å². The molecule has 1 aliphatic rings. The lowest BCUT2D eigenvalue weighted by Crippen LogP contribution is -2.38. The molecule has 0 aromatic heterocycles. The maximum absolute atomic E-state index is 13.1. The van der Waals surface area contributed by atoms with Gasteiger partial charge in [-0.15, -0.1) is 0 Å². The summed E-state index contributed by atoms with van der Waals surface area (Å²) >= 11 is 0. The minimum absolute atomic E-state index is 0.0517. The number of hydrogen-bond acceptors (Lipinski definition) is 4. The zero-order valence-corrected chi connectivity index (χ0v) is 17.8. The van der Waals surface area contributed by atoms with Crippen LogP contribution >= 0.6 is 0 Å². The molecule has 0 aliphatic carbocycles. The molecule has 154 valence electrons. The van der Waals surface area contributed by atoms with Crippen LogP contribution in [0.5, 0.6) is 0 Å². The van der Waals surface area contributed by atoms with E-state index in [1.165, 1.54) is 0 Å². The number of nitriles is 1. The third-order valence-corrected chi connectivity index (χ3v) is 5.35. The summed E-state index contributed by atoms with van der Waals surface area (Å²) in [6, 6.07) is 17.1. The number of carbonyl (C=O) groups is 2. The highest BCUT2D eigenvalue weighted by Gasteiger charge is 2.37. The van der Waals surface area contributed by atoms with Gasteiger partial charge in [0.25, 0.3) is 0 Å². The van der Waals surface area contributed by atoms with E-state index in [9.17, 15) is 9.59 Å². The molecule has 0 bridgehead atoms. The second-order valence-corrected chi connectivity index (χ2v) is 7.86. The first-order valence-corrected chi connectivity index (χ1v) is 10.1. The van der Waals surface area contributed by atoms with Crippen LogP contribution in [0.4, 0.5) is 0 Å². The number of hydrogen-bond donors (Lipinski definition) is 0. The number of rotatable bonds is 5. The Hall–Kier alpha value is -3.39. The van der Waals surface area contributed by atoms with Crippen LogP contribution in [0, 0.1) is 18.3 Å². The van der Waals surface area contributed by atoms with Crippen molar-refractivity contribution < 1.29 is 14.3 Å². The SMILES string of the molecule is CC1=C(C(=O)OC(C)C)[C@@H](c2ccccc2C)CC(=O)N1Cc1cccc(C#N)c1. The van der Waals surface area contributed by atoms with E-state index < -0.39 is 0 Å². The number of amides is 1. The van der Waals surface area contributed by atoms with Crippen LogP contribution < -0.4 is 0 Å². The first-order chi connectivity index (χ1) is 14.3. The van der Waals surface area contributed by atoms with Crippen molar-refractivity contribution in [1.82, 2.24) is 4.90 Å². The van der Waals surface area contributed by atoms with E-state index >= 15 is 0 Å². The van der Waals surface area contributed by atoms with E-state index in [1.807, 2.05) is 51.1 Å². The van der Waals surface area contributed by atoms with E-state index in [0.29, 0.717) is 23.4 Å². The van der Waals surface area contributed by atoms with Crippen molar-refractivity contribution in [2.75, 3.05) is 0 Å². The molecule has 0 N–H and O–H groups in total. The third-order valence-electron chi connectivity index (χ3n) is 5.35. The molecule has 1 heterocycles. The fourth-order valence-corrected chi connectivity index (χ4v) is 3.91. The van der Waals surface area contributed by atoms with Crippen LogP contribution in [0.1, 0.15) is 55.4 Å². The fourth-order valence-electron chi connectivity index (χ4n) is 3.91. The molecule has 0 saturated heterocycles. The number of nitrogens with zero attached hydrogens (tertiary/aromatic N) is 2. The lowest BCUT2D eigenvalue weighted by atomic mass is 9.81. The van der Waals surface area contributed by atoms with Gasteiger partial charge in [-0.05, 0) is 56.5 Å². The van der Waals surface area contributed by atoms with Crippen LogP contribution in [0.2, 0.25) is 0 Å². The maximum Gasteiger partial charge on any atom is 0.336 e. The summed E-state index contributed by atoms with van der Waals surface area (Å²) in [5.74, 6) is -0.783. The smallest absolute Gasteiger partial charge is 0.336 e. The Balaban J connectivity index is 2.06. The molecule has 0 radical (unpaired) electrons. The van der Waals surface area contributed by atoms with Crippen LogP contribution in [-0.4, -0.2) is 22.9 Å². The van der Waals surface area contributed by atoms with Crippen molar-refractivity contribution in [3.05, 3.63) is 82.1 Å². The van der Waals surface area contributed by atoms with Crippen molar-refractivity contribution in [2.24, 2.45) is 0 Å². The van der Waals surface area contributed by atoms with Gasteiger partial charge in [0.15, 0.2) is 0 Å². The highest BCUT2D eigenvalue weighted by Crippen LogP contribution is 2.39. The average molecular weight is 402 g/mol. The van der Waals surface area contributed by atoms with Gasteiger partial charge in [0.05, 0.1) is 29.9 Å². The zero-order chi connectivity index (χ0) is 21.8. The number of ether oxygens (including phenoxy) is 1. The number of allylic oxidation sites excluding steroid dienone is 1. The maximum atomic E-state index is 13.1. The normalized spacial score (nSPS) is 16.6. The van der Waals surface area contributed by atoms with Gasteiger partial charge in [0.1, 0.15) is 0 Å². The number of benzene rings is 2. The summed E-state index contributed by atoms with van der Waals surface area (Å²) in [6.45, 7) is 7.72. The summed E-state index contributed by atoms with van der Waals surface area (Å²) in [4.78, 5) is 27.8. The zero-order valence-electron chi connectivity index (χ0n) is 17.8. The molecule has 1 aliphatic heterocycles. The highest BCUT2D eigenvalue weighted by molar-refractivity contribution is 5.96. The Morgan fingerprint density at radius 3 is 2.60 bits per heavy atom. The van der Waals surface area contributed by atoms with Gasteiger partial charge < -0.3 is 9.64 Å². The summed E-state index contributed by atoms with van der Waals surface area (Å²) < 4.78 is 5.54. The van der Waals surface area contributed by atoms with Crippen LogP contribution in [-0.2, 0) is 20.9 Å². The minimum atomic E-state index is -0.390. The summed E-state index contributed by atoms with van der Waals surface area (Å²) in [5, 5.41) is 9.16. The molecule has 3 rings (SSSR count). The second-order valence-electron chi connectivity index (χ2n) is 7.86. The Labute approximate surface area is 177 Å². The Morgan fingerprint density at radius 1 is 1.20 bits per heavy atom. The molecule has 0 unspecified atom stereocenters. The molecule has 1 atom stereocenters. The van der Waals surface area contributed by atoms with E-state index in [0.717, 1.165) is 16.7 Å². The van der Waals surface area contributed by atoms with Crippen molar-refractivity contribution in [2.45, 2.75) is 52.7 Å². The van der Waals surface area contributed by atoms with Gasteiger partial charge in [-0.1, -0.05) is 36.4 Å². The lowest BCUT2D eigenvalue weighted by molar-refractivity contribution is -0.143. The molecule has 2 aromatic rings. The van der Waals surface area contributed by atoms with Crippen molar-refractivity contribution in [3.8, 4) is 6.07 Å². The number of esters is 1. The van der Waals surface area contributed by atoms with Crippen LogP contribution in [0.25, 0.3) is 0 Å². The van der Waals surface area contributed by atoms with Crippen molar-refractivity contribution >= 4 is 11.9 Å². The van der Waals surface area contributed by atoms with Gasteiger partial charge in [0.2, 0.25) is 5.91 Å². The molecule has 0 saturated carbocycles. The molecule has 5 heteroatoms. The van der Waals surface area contributed by atoms with Gasteiger partial charge in [-0.25, -0.2) is 4.79 Å². The molecule has 5 nitrogen and oxygen atoms in total. The van der Waals surface area contributed by atoms with Gasteiger partial charge in [-0.2, -0.15) is 5.26 Å². The predicted octanol–water partition coefficient (Wildman–Crippen LogP) is 4.61. The average Bonchev–Trinajstić information content (AvgIpc) is 2.70. The molecule has 0 fully saturated rings. The molecule has 2 aromatic carbocycles. The summed E-state index contributed by atoms with van der Waals surface area (Å²) in [7, 11) is 0. The van der Waals surface area contributed by atoms with E-state index in [-0.39, 0.29) is 30.3 Å². The highest BCUT2D eigenvalue weighted by atomic mass is 16.5. The lowest BCUT2D eigenvalue weighted by Gasteiger charge is -2.35. The first-order valence-electron chi connectivity index (χ1n) is 10.1. The topological polar surface area (TPSA) is 70.4 Å². The first kappa shape index (κ1) is 21.3. The number of carbonyl (C=O) groups excluding carboxylic acids is 2. The monoisotopic (exact) mass is 402 g/mol. The minimum Gasteiger partial charge on any atom is -0.460 e. The van der Waals surface area contributed by atoms with E-state index in [2.05, 4.69) is 6.07 Å². The summed E-state index contributed by atoms with van der Waals surface area (Å²) in [6.07, 6.45) is -0.0587. The van der Waals surface area contributed by atoms with Crippen molar-refractivity contribution in [3.63, 3.8) is 0 Å². The molecule has 0 spiro atoms. The Morgan fingerprint density at radius 2 is 1.93 bits per heavy atom. The summed E-state index contributed by atoms with van der Waals surface area (Å²) in [5.41, 5.74) is 4.50. The predicted molar refractivity (Wildman–Crippen MR) is 114 cm³/mol. The quantitative estimate of drug-likeness (QED) is 0.685. The van der Waals surface area contributed by atoms with Gasteiger partial charge in [0, 0.05) is 18.0 Å². The van der Waals surface area contributed by atoms with E-state index in [4.69, 9.17) is 10.00 Å². The van der Waals surface area contributed by atoms with Crippen molar-refractivity contribution in [1.29, 1.82) is 5.26 Å². The molecular weight excluding hydrogens is 376 g/mol. The number of aryl methyl sites for hydroxylation is 1. The second kappa shape index (κ2) is 8.96. The fraction of sp³-hybridized carbons (Fsp3) is 0.320. The molecule has 1 amide bonds. The largest absolute Gasteiger partial charge is 0.460 e.